The number of guanidine groups is 2. The van der Waals surface area contributed by atoms with Gasteiger partial charge in [-0.15, -0.1) is 0 Å². The minimum Gasteiger partial charge on any atom is -0.370 e. The first-order valence-electron chi connectivity index (χ1n) is 17.2. The number of ketones is 2. The van der Waals surface area contributed by atoms with Crippen LogP contribution in [0.2, 0.25) is 0 Å². The molecule has 278 valence electrons. The number of carbonyl (C=O) groups is 4. The van der Waals surface area contributed by atoms with Crippen molar-refractivity contribution in [1.29, 1.82) is 0 Å². The minimum absolute atomic E-state index is 0.0742. The molecular formula is C38H50IN9O4. The lowest BCUT2D eigenvalue weighted by atomic mass is 9.89. The van der Waals surface area contributed by atoms with Gasteiger partial charge in [-0.3, -0.25) is 29.2 Å². The summed E-state index contributed by atoms with van der Waals surface area (Å²) in [4.78, 5) is 61.6. The summed E-state index contributed by atoms with van der Waals surface area (Å²) < 4.78 is 1.06. The molecule has 0 aliphatic rings. The lowest BCUT2D eigenvalue weighted by molar-refractivity contribution is -0.134. The first-order valence-corrected chi connectivity index (χ1v) is 18.3. The van der Waals surface area contributed by atoms with Gasteiger partial charge in [0.15, 0.2) is 23.5 Å². The Hall–Kier alpha value is -4.83. The predicted octanol–water partition coefficient (Wildman–Crippen LogP) is 2.30. The zero-order valence-corrected chi connectivity index (χ0v) is 31.4. The quantitative estimate of drug-likeness (QED) is 0.0339. The van der Waals surface area contributed by atoms with Crippen molar-refractivity contribution in [3.05, 3.63) is 93.6 Å². The van der Waals surface area contributed by atoms with Crippen LogP contribution in [0.15, 0.2) is 88.8 Å². The Morgan fingerprint density at radius 3 is 1.69 bits per heavy atom. The largest absolute Gasteiger partial charge is 0.370 e. The molecule has 0 bridgehead atoms. The second-order valence-electron chi connectivity index (χ2n) is 12.8. The predicted molar refractivity (Wildman–Crippen MR) is 214 cm³/mol. The molecule has 13 nitrogen and oxygen atoms in total. The molecule has 3 aromatic carbocycles. The van der Waals surface area contributed by atoms with Gasteiger partial charge in [-0.25, -0.2) is 0 Å². The van der Waals surface area contributed by atoms with E-state index in [4.69, 9.17) is 34.4 Å². The van der Waals surface area contributed by atoms with Crippen molar-refractivity contribution in [3.63, 3.8) is 0 Å². The Balaban J connectivity index is 1.84. The molecule has 0 aliphatic carbocycles. The highest BCUT2D eigenvalue weighted by Gasteiger charge is 2.31. The third-order valence-electron chi connectivity index (χ3n) is 8.67. The molecule has 0 spiro atoms. The maximum Gasteiger partial charge on any atom is 0.224 e. The number of halogens is 1. The van der Waals surface area contributed by atoms with Gasteiger partial charge in [-0.2, -0.15) is 0 Å². The molecule has 0 aromatic heterocycles. The Morgan fingerprint density at radius 2 is 1.13 bits per heavy atom. The summed E-state index contributed by atoms with van der Waals surface area (Å²) >= 11 is 2.20. The monoisotopic (exact) mass is 823 g/mol. The zero-order valence-electron chi connectivity index (χ0n) is 29.3. The summed E-state index contributed by atoms with van der Waals surface area (Å²) in [6, 6.07) is 23.4. The van der Waals surface area contributed by atoms with Crippen molar-refractivity contribution >= 4 is 57.9 Å². The van der Waals surface area contributed by atoms with Crippen molar-refractivity contribution in [2.45, 2.75) is 63.5 Å². The van der Waals surface area contributed by atoms with Gasteiger partial charge in [0.2, 0.25) is 11.8 Å². The lowest BCUT2D eigenvalue weighted by Crippen LogP contribution is -2.47. The number of aliphatic imine (C=N–C) groups is 2. The van der Waals surface area contributed by atoms with Gasteiger partial charge >= 0.3 is 0 Å². The molecule has 3 aromatic rings. The van der Waals surface area contributed by atoms with E-state index in [2.05, 4.69) is 37.9 Å². The fourth-order valence-corrected chi connectivity index (χ4v) is 6.12. The molecule has 52 heavy (non-hydrogen) atoms. The highest BCUT2D eigenvalue weighted by molar-refractivity contribution is 14.1. The Bertz CT molecular complexity index is 1670. The van der Waals surface area contributed by atoms with Crippen LogP contribution in [0.25, 0.3) is 11.1 Å². The Labute approximate surface area is 318 Å². The van der Waals surface area contributed by atoms with Crippen molar-refractivity contribution < 1.29 is 19.2 Å². The van der Waals surface area contributed by atoms with E-state index in [1.165, 1.54) is 0 Å². The number of amides is 2. The normalized spacial score (nSPS) is 13.2. The highest BCUT2D eigenvalue weighted by atomic mass is 127. The lowest BCUT2D eigenvalue weighted by Gasteiger charge is -2.24. The molecule has 13 N–H and O–H groups in total. The van der Waals surface area contributed by atoms with Gasteiger partial charge in [0.05, 0.1) is 12.1 Å². The molecule has 14 heteroatoms. The van der Waals surface area contributed by atoms with E-state index in [0.717, 1.165) is 25.8 Å². The van der Waals surface area contributed by atoms with Crippen molar-refractivity contribution in [2.24, 2.45) is 56.2 Å². The number of carbonyl (C=O) groups excluding carboxylic acids is 4. The van der Waals surface area contributed by atoms with Crippen molar-refractivity contribution in [2.75, 3.05) is 13.1 Å². The molecule has 2 amide bonds. The fraction of sp³-hybridized carbons (Fsp3) is 0.368. The molecule has 3 rings (SSSR count). The number of hydrogen-bond donors (Lipinski definition) is 7. The van der Waals surface area contributed by atoms with Crippen LogP contribution < -0.4 is 39.7 Å². The van der Waals surface area contributed by atoms with Crippen molar-refractivity contribution in [1.82, 2.24) is 5.32 Å². The minimum atomic E-state index is -1.01. The van der Waals surface area contributed by atoms with Crippen LogP contribution in [0.3, 0.4) is 0 Å². The fourth-order valence-electron chi connectivity index (χ4n) is 5.76. The molecule has 0 aliphatic heterocycles. The van der Waals surface area contributed by atoms with Crippen LogP contribution >= 0.6 is 22.6 Å². The third kappa shape index (κ3) is 14.8. The van der Waals surface area contributed by atoms with Crippen LogP contribution in [0.1, 0.15) is 49.7 Å². The molecule has 0 radical (unpaired) electrons. The first-order chi connectivity index (χ1) is 24.8. The topological polar surface area (TPSA) is 261 Å². The Kier molecular flexibility index (Phi) is 17.2. The highest BCUT2D eigenvalue weighted by Crippen LogP contribution is 2.22. The summed E-state index contributed by atoms with van der Waals surface area (Å²) in [5, 5.41) is 2.91. The summed E-state index contributed by atoms with van der Waals surface area (Å²) in [5.41, 5.74) is 37.5. The molecule has 0 unspecified atom stereocenters. The number of primary amides is 1. The number of benzene rings is 3. The smallest absolute Gasteiger partial charge is 0.224 e. The average molecular weight is 824 g/mol. The second-order valence-corrected chi connectivity index (χ2v) is 14.0. The Morgan fingerprint density at radius 1 is 0.635 bits per heavy atom. The standard InChI is InChI=1S/C38H50IN9O4/c39-30-16-12-24(13-17-30)20-31(40)33(49)23-29(9-5-19-47-38(44)45)36(52)48-32(34(50)22-28(35(41)51)8-4-18-46-37(42)43)21-25-10-14-27(15-11-25)26-6-2-1-3-7-26/h1-3,6-7,10-17,28-29,31-32H,4-5,8-9,18-23,40H2,(H2,41,51)(H,48,52)(H4,42,43,46)(H4,44,45,47)/t28-,29-,31+,32+/m1/s1. The number of nitrogens with two attached hydrogens (primary N) is 6. The van der Waals surface area contributed by atoms with E-state index in [1.807, 2.05) is 78.9 Å². The summed E-state index contributed by atoms with van der Waals surface area (Å²) in [5.74, 6) is -3.54. The van der Waals surface area contributed by atoms with Gasteiger partial charge in [0, 0.05) is 41.3 Å². The molecule has 0 saturated carbocycles. The van der Waals surface area contributed by atoms with Crippen LogP contribution in [0.5, 0.6) is 0 Å². The number of hydrogen-bond acceptors (Lipinski definition) is 7. The number of nitrogens with zero attached hydrogens (tertiary/aromatic N) is 2. The van der Waals surface area contributed by atoms with E-state index in [1.54, 1.807) is 0 Å². The zero-order chi connectivity index (χ0) is 38.0. The van der Waals surface area contributed by atoms with E-state index in [-0.39, 0.29) is 68.7 Å². The molecule has 4 atom stereocenters. The molecule has 0 saturated heterocycles. The number of Topliss-reactive ketones (excluding diaryl/α,β-unsaturated/α-hetero) is 2. The van der Waals surface area contributed by atoms with Crippen LogP contribution in [0.4, 0.5) is 0 Å². The van der Waals surface area contributed by atoms with Gasteiger partial charge in [-0.1, -0.05) is 66.7 Å². The van der Waals surface area contributed by atoms with E-state index in [0.29, 0.717) is 19.3 Å². The van der Waals surface area contributed by atoms with Crippen LogP contribution in [-0.2, 0) is 32.0 Å². The maximum atomic E-state index is 14.0. The van der Waals surface area contributed by atoms with Gasteiger partial charge in [0.1, 0.15) is 0 Å². The second kappa shape index (κ2) is 21.5. The van der Waals surface area contributed by atoms with E-state index in [9.17, 15) is 19.2 Å². The molecular weight excluding hydrogens is 773 g/mol. The molecule has 0 heterocycles. The van der Waals surface area contributed by atoms with E-state index < -0.39 is 35.7 Å². The van der Waals surface area contributed by atoms with Gasteiger partial charge in [-0.05, 0) is 95.5 Å². The summed E-state index contributed by atoms with van der Waals surface area (Å²) in [6.07, 6.45) is 1.53. The van der Waals surface area contributed by atoms with Gasteiger partial charge < -0.3 is 39.7 Å². The molecule has 0 fully saturated rings. The number of rotatable bonds is 22. The van der Waals surface area contributed by atoms with Gasteiger partial charge in [0.25, 0.3) is 0 Å². The SMILES string of the molecule is NC(=O)[C@H](CCCN=C(N)N)CC(=O)[C@H](Cc1ccc(-c2ccccc2)cc1)NC(=O)[C@H](CCCN=C(N)N)CC(=O)[C@@H](N)Cc1ccc(I)cc1. The summed E-state index contributed by atoms with van der Waals surface area (Å²) in [7, 11) is 0. The van der Waals surface area contributed by atoms with Crippen molar-refractivity contribution in [3.8, 4) is 11.1 Å². The first kappa shape index (κ1) is 41.6. The maximum absolute atomic E-state index is 14.0. The van der Waals surface area contributed by atoms with Crippen LogP contribution in [-0.4, -0.2) is 60.5 Å². The average Bonchev–Trinajstić information content (AvgIpc) is 3.11. The summed E-state index contributed by atoms with van der Waals surface area (Å²) in [6.45, 7) is 0.529. The van der Waals surface area contributed by atoms with Crippen LogP contribution in [0, 0.1) is 15.4 Å². The third-order valence-corrected chi connectivity index (χ3v) is 9.39. The number of nitrogens with one attached hydrogen (secondary N) is 1. The van der Waals surface area contributed by atoms with E-state index >= 15 is 0 Å².